The quantitative estimate of drug-likeness (QED) is 0.236. The third-order valence-corrected chi connectivity index (χ3v) is 6.72. The summed E-state index contributed by atoms with van der Waals surface area (Å²) in [5.74, 6) is 2.91. The van der Waals surface area contributed by atoms with E-state index in [-0.39, 0.29) is 29.4 Å². The number of aromatic nitrogens is 3. The van der Waals surface area contributed by atoms with Gasteiger partial charge in [0.2, 0.25) is 5.82 Å². The van der Waals surface area contributed by atoms with Crippen molar-refractivity contribution in [3.8, 4) is 11.6 Å². The molecule has 7 nitrogen and oxygen atoms in total. The first-order valence-electron chi connectivity index (χ1n) is 10.2. The lowest BCUT2D eigenvalue weighted by Crippen LogP contribution is -2.46. The number of thiophene rings is 1. The highest BCUT2D eigenvalue weighted by molar-refractivity contribution is 14.0. The lowest BCUT2D eigenvalue weighted by atomic mass is 9.73. The molecule has 1 fully saturated rings. The molecule has 162 valence electrons. The molecule has 4 rings (SSSR count). The summed E-state index contributed by atoms with van der Waals surface area (Å²) in [5, 5.41) is 16.3. The summed E-state index contributed by atoms with van der Waals surface area (Å²) in [4.78, 5) is 10.4. The lowest BCUT2D eigenvalue weighted by Gasteiger charge is -2.37. The summed E-state index contributed by atoms with van der Waals surface area (Å²) in [5.41, 5.74) is 0.229. The molecule has 30 heavy (non-hydrogen) atoms. The van der Waals surface area contributed by atoms with Crippen molar-refractivity contribution < 1.29 is 4.42 Å². The molecule has 3 aromatic rings. The lowest BCUT2D eigenvalue weighted by molar-refractivity contribution is 0.296. The maximum atomic E-state index is 5.33. The zero-order valence-corrected chi connectivity index (χ0v) is 20.3. The number of guanidine groups is 1. The fourth-order valence-corrected chi connectivity index (χ4v) is 5.00. The van der Waals surface area contributed by atoms with Gasteiger partial charge in [0.25, 0.3) is 0 Å². The molecule has 0 aromatic carbocycles. The van der Waals surface area contributed by atoms with E-state index in [9.17, 15) is 0 Å². The van der Waals surface area contributed by atoms with Crippen molar-refractivity contribution in [1.82, 2.24) is 25.8 Å². The molecule has 9 heteroatoms. The van der Waals surface area contributed by atoms with E-state index in [1.54, 1.807) is 6.26 Å². The van der Waals surface area contributed by atoms with Gasteiger partial charge >= 0.3 is 0 Å². The van der Waals surface area contributed by atoms with Crippen LogP contribution in [0.1, 0.15) is 42.8 Å². The maximum absolute atomic E-state index is 5.33. The Morgan fingerprint density at radius 2 is 2.10 bits per heavy atom. The zero-order chi connectivity index (χ0) is 19.9. The molecule has 0 bridgehead atoms. The number of nitrogens with zero attached hydrogens (tertiary/aromatic N) is 3. The number of furan rings is 1. The van der Waals surface area contributed by atoms with Crippen LogP contribution in [0.15, 0.2) is 45.3 Å². The number of aromatic amines is 1. The van der Waals surface area contributed by atoms with Crippen LogP contribution in [0.25, 0.3) is 11.6 Å². The number of aliphatic imine (C=N–C) groups is 1. The van der Waals surface area contributed by atoms with Gasteiger partial charge in [-0.2, -0.15) is 5.10 Å². The second-order valence-electron chi connectivity index (χ2n) is 7.50. The summed E-state index contributed by atoms with van der Waals surface area (Å²) < 4.78 is 5.33. The van der Waals surface area contributed by atoms with Crippen LogP contribution in [0.4, 0.5) is 0 Å². The Balaban J connectivity index is 0.00000256. The number of hydrogen-bond donors (Lipinski definition) is 3. The molecule has 3 aromatic heterocycles. The minimum Gasteiger partial charge on any atom is -0.461 e. The van der Waals surface area contributed by atoms with Gasteiger partial charge in [-0.25, -0.2) is 4.98 Å². The monoisotopic (exact) mass is 540 g/mol. The Bertz CT molecular complexity index is 900. The maximum Gasteiger partial charge on any atom is 0.216 e. The SMILES string of the molecule is CN=C(NCCc1nc(-c2ccco2)n[nH]1)NCC1(c2cccs2)CCCCC1.I. The molecule has 0 atom stereocenters. The van der Waals surface area contributed by atoms with Crippen LogP contribution in [0.2, 0.25) is 0 Å². The molecule has 0 saturated heterocycles. The van der Waals surface area contributed by atoms with Gasteiger partial charge in [0.15, 0.2) is 11.7 Å². The second-order valence-corrected chi connectivity index (χ2v) is 8.45. The van der Waals surface area contributed by atoms with Crippen LogP contribution in [0.5, 0.6) is 0 Å². The summed E-state index contributed by atoms with van der Waals surface area (Å²) in [6.45, 7) is 1.64. The molecule has 0 aliphatic heterocycles. The van der Waals surface area contributed by atoms with Crippen LogP contribution >= 0.6 is 35.3 Å². The topological polar surface area (TPSA) is 91.1 Å². The smallest absolute Gasteiger partial charge is 0.216 e. The molecule has 1 aliphatic carbocycles. The van der Waals surface area contributed by atoms with E-state index in [4.69, 9.17) is 4.42 Å². The Labute approximate surface area is 198 Å². The number of nitrogens with one attached hydrogen (secondary N) is 3. The number of rotatable bonds is 7. The standard InChI is InChI=1S/C21H28N6OS.HI/c1-22-20(23-12-9-18-25-19(27-26-18)16-7-5-13-28-16)24-15-21(10-3-2-4-11-21)17-8-6-14-29-17;/h5-8,13-14H,2-4,9-12,15H2,1H3,(H2,22,23,24)(H,25,26,27);1H. The molecular formula is C21H29IN6OS. The Hall–Kier alpha value is -1.88. The minimum absolute atomic E-state index is 0. The Morgan fingerprint density at radius 3 is 2.80 bits per heavy atom. The van der Waals surface area contributed by atoms with Crippen LogP contribution in [-0.4, -0.2) is 41.3 Å². The van der Waals surface area contributed by atoms with E-state index in [0.717, 1.165) is 31.3 Å². The first-order chi connectivity index (χ1) is 14.3. The number of halogens is 1. The normalized spacial score (nSPS) is 16.1. The van der Waals surface area contributed by atoms with Crippen molar-refractivity contribution in [3.63, 3.8) is 0 Å². The third-order valence-electron chi connectivity index (χ3n) is 5.60. The molecule has 0 unspecified atom stereocenters. The second kappa shape index (κ2) is 10.9. The molecule has 0 radical (unpaired) electrons. The predicted octanol–water partition coefficient (Wildman–Crippen LogP) is 4.35. The van der Waals surface area contributed by atoms with E-state index in [1.165, 1.54) is 37.0 Å². The largest absolute Gasteiger partial charge is 0.461 e. The molecule has 1 saturated carbocycles. The summed E-state index contributed by atoms with van der Waals surface area (Å²) in [6, 6.07) is 8.13. The van der Waals surface area contributed by atoms with Gasteiger partial charge in [0.1, 0.15) is 5.82 Å². The minimum atomic E-state index is 0. The molecule has 3 heterocycles. The summed E-state index contributed by atoms with van der Waals surface area (Å²) in [7, 11) is 1.82. The van der Waals surface area contributed by atoms with Gasteiger partial charge in [-0.05, 0) is 36.4 Å². The fraction of sp³-hybridized carbons (Fsp3) is 0.476. The first kappa shape index (κ1) is 22.8. The van der Waals surface area contributed by atoms with Gasteiger partial charge in [0.05, 0.1) is 6.26 Å². The number of hydrogen-bond acceptors (Lipinski definition) is 5. The van der Waals surface area contributed by atoms with E-state index >= 15 is 0 Å². The van der Waals surface area contributed by atoms with Crippen molar-refractivity contribution in [2.45, 2.75) is 43.9 Å². The van der Waals surface area contributed by atoms with Crippen molar-refractivity contribution >= 4 is 41.3 Å². The highest BCUT2D eigenvalue weighted by Gasteiger charge is 2.34. The highest BCUT2D eigenvalue weighted by atomic mass is 127. The first-order valence-corrected chi connectivity index (χ1v) is 11.1. The average Bonchev–Trinajstić information content (AvgIpc) is 3.53. The zero-order valence-electron chi connectivity index (χ0n) is 17.2. The van der Waals surface area contributed by atoms with E-state index in [2.05, 4.69) is 48.3 Å². The van der Waals surface area contributed by atoms with E-state index < -0.39 is 0 Å². The fourth-order valence-electron chi connectivity index (χ4n) is 4.02. The molecule has 1 aliphatic rings. The molecule has 0 amide bonds. The van der Waals surface area contributed by atoms with Gasteiger partial charge in [-0.1, -0.05) is 25.3 Å². The molecule has 0 spiro atoms. The van der Waals surface area contributed by atoms with Crippen molar-refractivity contribution in [2.75, 3.05) is 20.1 Å². The van der Waals surface area contributed by atoms with E-state index in [1.807, 2.05) is 30.5 Å². The Morgan fingerprint density at radius 1 is 1.23 bits per heavy atom. The van der Waals surface area contributed by atoms with Crippen LogP contribution in [0, 0.1) is 0 Å². The van der Waals surface area contributed by atoms with Crippen molar-refractivity contribution in [1.29, 1.82) is 0 Å². The van der Waals surface area contributed by atoms with Crippen molar-refractivity contribution in [2.24, 2.45) is 4.99 Å². The third kappa shape index (κ3) is 5.42. The van der Waals surface area contributed by atoms with E-state index in [0.29, 0.717) is 11.6 Å². The van der Waals surface area contributed by atoms with Crippen LogP contribution in [-0.2, 0) is 11.8 Å². The summed E-state index contributed by atoms with van der Waals surface area (Å²) >= 11 is 1.88. The van der Waals surface area contributed by atoms with Gasteiger partial charge in [-0.3, -0.25) is 10.1 Å². The Kier molecular flexibility index (Phi) is 8.32. The van der Waals surface area contributed by atoms with Gasteiger partial charge < -0.3 is 15.1 Å². The predicted molar refractivity (Wildman–Crippen MR) is 132 cm³/mol. The molecule has 3 N–H and O–H groups in total. The van der Waals surface area contributed by atoms with Gasteiger partial charge in [-0.15, -0.1) is 35.3 Å². The van der Waals surface area contributed by atoms with Crippen LogP contribution < -0.4 is 10.6 Å². The van der Waals surface area contributed by atoms with Crippen LogP contribution in [0.3, 0.4) is 0 Å². The molecular weight excluding hydrogens is 511 g/mol. The average molecular weight is 540 g/mol. The highest BCUT2D eigenvalue weighted by Crippen LogP contribution is 2.41. The number of H-pyrrole nitrogens is 1. The van der Waals surface area contributed by atoms with Crippen molar-refractivity contribution in [3.05, 3.63) is 46.6 Å². The summed E-state index contributed by atoms with van der Waals surface area (Å²) in [6.07, 6.45) is 8.78. The van der Waals surface area contributed by atoms with Gasteiger partial charge in [0, 0.05) is 36.9 Å².